The van der Waals surface area contributed by atoms with Gasteiger partial charge in [0.15, 0.2) is 0 Å². The van der Waals surface area contributed by atoms with Crippen molar-refractivity contribution in [1.82, 2.24) is 15.3 Å². The van der Waals surface area contributed by atoms with E-state index in [1.807, 2.05) is 24.3 Å². The number of carboxylic acids is 1. The lowest BCUT2D eigenvalue weighted by molar-refractivity contribution is -0.140. The molecule has 122 valence electrons. The van der Waals surface area contributed by atoms with Gasteiger partial charge in [-0.2, -0.15) is 0 Å². The Kier molecular flexibility index (Phi) is 4.12. The fraction of sp³-hybridized carbons (Fsp3) is 0.222. The molecular weight excluding hydrogens is 306 g/mol. The lowest BCUT2D eigenvalue weighted by Crippen LogP contribution is -2.44. The van der Waals surface area contributed by atoms with Gasteiger partial charge in [0.05, 0.1) is 22.1 Å². The summed E-state index contributed by atoms with van der Waals surface area (Å²) in [5, 5.41) is 11.7. The summed E-state index contributed by atoms with van der Waals surface area (Å²) >= 11 is 0. The molecule has 0 saturated heterocycles. The van der Waals surface area contributed by atoms with E-state index < -0.39 is 17.9 Å². The summed E-state index contributed by atoms with van der Waals surface area (Å²) in [5.74, 6) is -1.70. The van der Waals surface area contributed by atoms with Crippen LogP contribution in [0, 0.1) is 5.92 Å². The molecule has 0 fully saturated rings. The summed E-state index contributed by atoms with van der Waals surface area (Å²) < 4.78 is 0. The van der Waals surface area contributed by atoms with E-state index >= 15 is 0 Å². The van der Waals surface area contributed by atoms with Crippen LogP contribution in [0.1, 0.15) is 24.2 Å². The van der Waals surface area contributed by atoms with Crippen molar-refractivity contribution >= 4 is 33.9 Å². The fourth-order valence-corrected chi connectivity index (χ4v) is 2.50. The average molecular weight is 323 g/mol. The number of aromatic nitrogens is 2. The van der Waals surface area contributed by atoms with Crippen molar-refractivity contribution in [3.05, 3.63) is 48.0 Å². The zero-order valence-corrected chi connectivity index (χ0v) is 13.4. The molecule has 0 unspecified atom stereocenters. The van der Waals surface area contributed by atoms with Crippen LogP contribution in [-0.2, 0) is 4.79 Å². The van der Waals surface area contributed by atoms with E-state index in [1.54, 1.807) is 32.0 Å². The van der Waals surface area contributed by atoms with Crippen LogP contribution < -0.4 is 5.32 Å². The molecule has 3 aromatic rings. The van der Waals surface area contributed by atoms with Crippen molar-refractivity contribution in [1.29, 1.82) is 0 Å². The second-order valence-corrected chi connectivity index (χ2v) is 5.95. The highest BCUT2D eigenvalue weighted by atomic mass is 16.4. The Bertz CT molecular complexity index is 937. The van der Waals surface area contributed by atoms with Gasteiger partial charge in [-0.1, -0.05) is 26.0 Å². The van der Waals surface area contributed by atoms with Gasteiger partial charge in [-0.25, -0.2) is 14.8 Å². The first-order valence-electron chi connectivity index (χ1n) is 7.66. The van der Waals surface area contributed by atoms with Crippen molar-refractivity contribution in [3.63, 3.8) is 0 Å². The van der Waals surface area contributed by atoms with Crippen LogP contribution in [0.4, 0.5) is 0 Å². The third-order valence-corrected chi connectivity index (χ3v) is 3.82. The van der Waals surface area contributed by atoms with E-state index in [1.165, 1.54) is 0 Å². The van der Waals surface area contributed by atoms with E-state index in [0.29, 0.717) is 16.6 Å². The van der Waals surface area contributed by atoms with Crippen molar-refractivity contribution in [2.75, 3.05) is 0 Å². The highest BCUT2D eigenvalue weighted by molar-refractivity contribution is 5.99. The summed E-state index contributed by atoms with van der Waals surface area (Å²) in [6, 6.07) is 11.5. The predicted octanol–water partition coefficient (Wildman–Crippen LogP) is 2.62. The Morgan fingerprint density at radius 1 is 0.958 bits per heavy atom. The number of aliphatic carboxylic acids is 1. The van der Waals surface area contributed by atoms with Crippen LogP contribution in [0.2, 0.25) is 0 Å². The minimum absolute atomic E-state index is 0.212. The molecule has 24 heavy (non-hydrogen) atoms. The van der Waals surface area contributed by atoms with Gasteiger partial charge >= 0.3 is 5.97 Å². The quantitative estimate of drug-likeness (QED) is 0.720. The molecule has 0 bridgehead atoms. The molecule has 0 radical (unpaired) electrons. The van der Waals surface area contributed by atoms with Gasteiger partial charge < -0.3 is 10.4 Å². The number of para-hydroxylation sites is 2. The molecule has 1 heterocycles. The molecule has 2 aromatic carbocycles. The van der Waals surface area contributed by atoms with Gasteiger partial charge in [-0.15, -0.1) is 0 Å². The zero-order chi connectivity index (χ0) is 17.3. The van der Waals surface area contributed by atoms with E-state index in [4.69, 9.17) is 0 Å². The number of fused-ring (bicyclic) bond motifs is 2. The molecule has 6 heteroatoms. The zero-order valence-electron chi connectivity index (χ0n) is 13.4. The summed E-state index contributed by atoms with van der Waals surface area (Å²) in [4.78, 5) is 32.6. The number of benzene rings is 2. The van der Waals surface area contributed by atoms with Crippen LogP contribution in [0.25, 0.3) is 22.1 Å². The van der Waals surface area contributed by atoms with Gasteiger partial charge in [-0.05, 0) is 36.2 Å². The second kappa shape index (κ2) is 6.23. The van der Waals surface area contributed by atoms with E-state index in [-0.39, 0.29) is 5.92 Å². The fourth-order valence-electron chi connectivity index (χ4n) is 2.50. The van der Waals surface area contributed by atoms with Crippen LogP contribution in [0.3, 0.4) is 0 Å². The third-order valence-electron chi connectivity index (χ3n) is 3.82. The monoisotopic (exact) mass is 323 g/mol. The topological polar surface area (TPSA) is 92.2 Å². The van der Waals surface area contributed by atoms with Crippen LogP contribution in [0.15, 0.2) is 42.5 Å². The molecule has 0 spiro atoms. The Balaban J connectivity index is 1.96. The van der Waals surface area contributed by atoms with Crippen LogP contribution >= 0.6 is 0 Å². The minimum atomic E-state index is -1.05. The van der Waals surface area contributed by atoms with Crippen molar-refractivity contribution in [2.45, 2.75) is 19.9 Å². The Labute approximate surface area is 138 Å². The number of carbonyl (C=O) groups is 2. The van der Waals surface area contributed by atoms with Gasteiger partial charge in [0.1, 0.15) is 6.04 Å². The lowest BCUT2D eigenvalue weighted by Gasteiger charge is -2.17. The van der Waals surface area contributed by atoms with Gasteiger partial charge in [0.25, 0.3) is 5.91 Å². The molecule has 1 amide bonds. The average Bonchev–Trinajstić information content (AvgIpc) is 2.56. The number of hydrogen-bond donors (Lipinski definition) is 2. The first-order valence-corrected chi connectivity index (χ1v) is 7.66. The van der Waals surface area contributed by atoms with Gasteiger partial charge in [0.2, 0.25) is 0 Å². The maximum absolute atomic E-state index is 12.3. The first kappa shape index (κ1) is 15.9. The normalized spacial score (nSPS) is 12.5. The molecule has 2 N–H and O–H groups in total. The molecule has 1 aromatic heterocycles. The van der Waals surface area contributed by atoms with Crippen LogP contribution in [0.5, 0.6) is 0 Å². The van der Waals surface area contributed by atoms with Crippen molar-refractivity contribution in [3.8, 4) is 0 Å². The predicted molar refractivity (Wildman–Crippen MR) is 90.8 cm³/mol. The molecule has 0 saturated carbocycles. The minimum Gasteiger partial charge on any atom is -0.480 e. The molecule has 3 rings (SSSR count). The Morgan fingerprint density at radius 2 is 1.54 bits per heavy atom. The summed E-state index contributed by atoms with van der Waals surface area (Å²) in [6.07, 6.45) is 0. The highest BCUT2D eigenvalue weighted by Crippen LogP contribution is 2.17. The number of nitrogens with one attached hydrogen (secondary N) is 1. The van der Waals surface area contributed by atoms with Gasteiger partial charge in [-0.3, -0.25) is 4.79 Å². The number of carboxylic acid groups (broad SMARTS) is 1. The first-order chi connectivity index (χ1) is 11.5. The number of rotatable bonds is 4. The molecule has 0 aliphatic carbocycles. The molecular formula is C18H17N3O3. The number of nitrogens with zero attached hydrogens (tertiary/aromatic N) is 2. The lowest BCUT2D eigenvalue weighted by atomic mass is 10.0. The maximum Gasteiger partial charge on any atom is 0.326 e. The number of amides is 1. The van der Waals surface area contributed by atoms with E-state index in [0.717, 1.165) is 11.0 Å². The van der Waals surface area contributed by atoms with Crippen molar-refractivity contribution < 1.29 is 14.7 Å². The molecule has 6 nitrogen and oxygen atoms in total. The van der Waals surface area contributed by atoms with E-state index in [9.17, 15) is 14.7 Å². The van der Waals surface area contributed by atoms with Crippen molar-refractivity contribution in [2.24, 2.45) is 5.92 Å². The van der Waals surface area contributed by atoms with Gasteiger partial charge in [0, 0.05) is 5.56 Å². The largest absolute Gasteiger partial charge is 0.480 e. The maximum atomic E-state index is 12.3. The Hall–Kier alpha value is -3.02. The van der Waals surface area contributed by atoms with Crippen LogP contribution in [-0.4, -0.2) is 33.0 Å². The summed E-state index contributed by atoms with van der Waals surface area (Å²) in [7, 11) is 0. The highest BCUT2D eigenvalue weighted by Gasteiger charge is 2.24. The number of carbonyl (C=O) groups excluding carboxylic acids is 1. The summed E-state index contributed by atoms with van der Waals surface area (Å²) in [5.41, 5.74) is 3.17. The SMILES string of the molecule is CC(C)[C@H](NC(=O)c1ccc2nc3ccccc3nc2c1)C(=O)O. The van der Waals surface area contributed by atoms with E-state index in [2.05, 4.69) is 15.3 Å². The molecule has 0 aliphatic heterocycles. The molecule has 1 atom stereocenters. The molecule has 0 aliphatic rings. The number of hydrogen-bond acceptors (Lipinski definition) is 4. The summed E-state index contributed by atoms with van der Waals surface area (Å²) in [6.45, 7) is 3.49. The standard InChI is InChI=1S/C18H17N3O3/c1-10(2)16(18(23)24)21-17(22)11-7-8-14-15(9-11)20-13-6-4-3-5-12(13)19-14/h3-10,16H,1-2H3,(H,21,22)(H,23,24)/t16-/m0/s1. The second-order valence-electron chi connectivity index (χ2n) is 5.95. The Morgan fingerprint density at radius 3 is 2.12 bits per heavy atom. The smallest absolute Gasteiger partial charge is 0.326 e. The third kappa shape index (κ3) is 3.03.